The van der Waals surface area contributed by atoms with E-state index in [0.717, 1.165) is 11.3 Å². The maximum absolute atomic E-state index is 4.83. The molecule has 0 aliphatic carbocycles. The highest BCUT2D eigenvalue weighted by molar-refractivity contribution is 6.04. The lowest BCUT2D eigenvalue weighted by molar-refractivity contribution is 0.931. The average molecular weight is 260 g/mol. The van der Waals surface area contributed by atoms with Crippen LogP contribution in [0.3, 0.4) is 0 Å². The van der Waals surface area contributed by atoms with Crippen molar-refractivity contribution in [1.82, 2.24) is 9.55 Å². The maximum atomic E-state index is 4.83. The minimum absolute atomic E-state index is 1.07. The Labute approximate surface area is 118 Å². The van der Waals surface area contributed by atoms with Crippen molar-refractivity contribution >= 4 is 21.8 Å². The third kappa shape index (κ3) is 1.31. The van der Waals surface area contributed by atoms with Crippen LogP contribution < -0.4 is 0 Å². The lowest BCUT2D eigenvalue weighted by Crippen LogP contribution is -2.03. The summed E-state index contributed by atoms with van der Waals surface area (Å²) in [6.45, 7) is 4.37. The number of benzene rings is 2. The van der Waals surface area contributed by atoms with Crippen LogP contribution in [0.15, 0.2) is 42.5 Å². The fourth-order valence-corrected chi connectivity index (χ4v) is 3.33. The van der Waals surface area contributed by atoms with E-state index >= 15 is 0 Å². The molecular formula is C18H16N2. The van der Waals surface area contributed by atoms with Crippen molar-refractivity contribution in [2.75, 3.05) is 0 Å². The van der Waals surface area contributed by atoms with Gasteiger partial charge in [-0.25, -0.2) is 4.98 Å². The standard InChI is InChI=1S/C18H16N2/c1-11-7-6-9-13-12(2)16-14-8-4-5-10-15(14)19-18(16)20(3)17(11)13/h4-10H,1-3H3. The Balaban J connectivity index is 2.36. The van der Waals surface area contributed by atoms with Crippen molar-refractivity contribution in [3.63, 3.8) is 0 Å². The van der Waals surface area contributed by atoms with Crippen LogP contribution in [0, 0.1) is 13.8 Å². The summed E-state index contributed by atoms with van der Waals surface area (Å²) in [5.41, 5.74) is 6.25. The Bertz CT molecular complexity index is 931. The molecule has 2 heteroatoms. The molecule has 0 saturated heterocycles. The summed E-state index contributed by atoms with van der Waals surface area (Å²) in [6.07, 6.45) is 0. The summed E-state index contributed by atoms with van der Waals surface area (Å²) >= 11 is 0. The van der Waals surface area contributed by atoms with Crippen molar-refractivity contribution in [3.8, 4) is 11.4 Å². The zero-order valence-corrected chi connectivity index (χ0v) is 11.9. The van der Waals surface area contributed by atoms with E-state index in [4.69, 9.17) is 4.98 Å². The average Bonchev–Trinajstić information content (AvgIpc) is 2.84. The van der Waals surface area contributed by atoms with Crippen LogP contribution in [0.2, 0.25) is 0 Å². The zero-order chi connectivity index (χ0) is 13.9. The van der Waals surface area contributed by atoms with Gasteiger partial charge in [0.2, 0.25) is 0 Å². The fraction of sp³-hybridized carbons (Fsp3) is 0.167. The number of aryl methyl sites for hydroxylation is 3. The second-order valence-electron chi connectivity index (χ2n) is 5.48. The lowest BCUT2D eigenvalue weighted by Gasteiger charge is -2.16. The predicted molar refractivity (Wildman–Crippen MR) is 84.3 cm³/mol. The molecule has 98 valence electrons. The highest BCUT2D eigenvalue weighted by Crippen LogP contribution is 2.38. The third-order valence-corrected chi connectivity index (χ3v) is 4.29. The molecule has 2 aromatic rings. The first kappa shape index (κ1) is 11.5. The van der Waals surface area contributed by atoms with Gasteiger partial charge in [-0.1, -0.05) is 36.4 Å². The van der Waals surface area contributed by atoms with Gasteiger partial charge in [-0.05, 0) is 31.0 Å². The minimum Gasteiger partial charge on any atom is -0.328 e. The first-order valence-corrected chi connectivity index (χ1v) is 6.91. The summed E-state index contributed by atoms with van der Waals surface area (Å²) in [7, 11) is 2.11. The molecule has 0 N–H and O–H groups in total. The van der Waals surface area contributed by atoms with Gasteiger partial charge in [0.25, 0.3) is 0 Å². The van der Waals surface area contributed by atoms with Gasteiger partial charge < -0.3 is 4.57 Å². The summed E-state index contributed by atoms with van der Waals surface area (Å²) in [5.74, 6) is 1.07. The van der Waals surface area contributed by atoms with Gasteiger partial charge in [-0.15, -0.1) is 0 Å². The predicted octanol–water partition coefficient (Wildman–Crippen LogP) is 4.45. The van der Waals surface area contributed by atoms with E-state index in [9.17, 15) is 0 Å². The van der Waals surface area contributed by atoms with Gasteiger partial charge in [0.05, 0.1) is 11.0 Å². The zero-order valence-electron chi connectivity index (χ0n) is 11.9. The molecule has 0 unspecified atom stereocenters. The molecule has 2 heterocycles. The third-order valence-electron chi connectivity index (χ3n) is 4.29. The molecule has 0 amide bonds. The van der Waals surface area contributed by atoms with Crippen LogP contribution in [0.1, 0.15) is 11.1 Å². The van der Waals surface area contributed by atoms with Gasteiger partial charge >= 0.3 is 0 Å². The monoisotopic (exact) mass is 260 g/mol. The maximum Gasteiger partial charge on any atom is 0.141 e. The van der Waals surface area contributed by atoms with E-state index < -0.39 is 0 Å². The number of nitrogens with zero attached hydrogens (tertiary/aromatic N) is 2. The number of aromatic nitrogens is 2. The summed E-state index contributed by atoms with van der Waals surface area (Å²) < 4.78 is 2.23. The van der Waals surface area contributed by atoms with Crippen molar-refractivity contribution < 1.29 is 0 Å². The first-order valence-electron chi connectivity index (χ1n) is 6.91. The molecule has 0 bridgehead atoms. The summed E-state index contributed by atoms with van der Waals surface area (Å²) in [5, 5.41) is 2.57. The number of pyridine rings is 1. The Morgan fingerprint density at radius 3 is 2.50 bits per heavy atom. The molecule has 20 heavy (non-hydrogen) atoms. The second-order valence-corrected chi connectivity index (χ2v) is 5.48. The molecule has 0 radical (unpaired) electrons. The van der Waals surface area contributed by atoms with E-state index in [-0.39, 0.29) is 0 Å². The highest BCUT2D eigenvalue weighted by Gasteiger charge is 2.20. The van der Waals surface area contributed by atoms with Crippen LogP contribution in [0.25, 0.3) is 33.2 Å². The molecule has 0 atom stereocenters. The van der Waals surface area contributed by atoms with Gasteiger partial charge in [0.1, 0.15) is 5.82 Å². The van der Waals surface area contributed by atoms with Gasteiger partial charge in [-0.2, -0.15) is 0 Å². The number of para-hydroxylation sites is 2. The molecule has 2 nitrogen and oxygen atoms in total. The highest BCUT2D eigenvalue weighted by atomic mass is 15.0. The van der Waals surface area contributed by atoms with Crippen molar-refractivity contribution in [3.05, 3.63) is 53.6 Å². The van der Waals surface area contributed by atoms with Crippen molar-refractivity contribution in [2.24, 2.45) is 7.05 Å². The smallest absolute Gasteiger partial charge is 0.141 e. The molecule has 0 spiro atoms. The number of hydrogen-bond donors (Lipinski definition) is 0. The topological polar surface area (TPSA) is 17.8 Å². The van der Waals surface area contributed by atoms with Gasteiger partial charge in [0.15, 0.2) is 0 Å². The van der Waals surface area contributed by atoms with Crippen LogP contribution in [-0.2, 0) is 7.05 Å². The van der Waals surface area contributed by atoms with E-state index in [1.807, 2.05) is 0 Å². The second kappa shape index (κ2) is 3.83. The van der Waals surface area contributed by atoms with E-state index in [2.05, 4.69) is 67.9 Å². The SMILES string of the molecule is Cc1c2c3ccccc3nc-2n(C)c2c(C)cccc12. The molecule has 0 saturated carbocycles. The molecule has 0 aromatic heterocycles. The van der Waals surface area contributed by atoms with E-state index in [1.165, 1.54) is 33.0 Å². The van der Waals surface area contributed by atoms with Crippen LogP contribution in [-0.4, -0.2) is 9.55 Å². The number of fused-ring (bicyclic) bond motifs is 4. The Morgan fingerprint density at radius 2 is 1.65 bits per heavy atom. The van der Waals surface area contributed by atoms with Crippen molar-refractivity contribution in [2.45, 2.75) is 13.8 Å². The van der Waals surface area contributed by atoms with Crippen LogP contribution in [0.5, 0.6) is 0 Å². The van der Waals surface area contributed by atoms with E-state index in [1.54, 1.807) is 0 Å². The largest absolute Gasteiger partial charge is 0.328 e. The van der Waals surface area contributed by atoms with Crippen LogP contribution in [0.4, 0.5) is 0 Å². The van der Waals surface area contributed by atoms with Crippen molar-refractivity contribution in [1.29, 1.82) is 0 Å². The summed E-state index contributed by atoms with van der Waals surface area (Å²) in [4.78, 5) is 4.83. The quantitative estimate of drug-likeness (QED) is 0.457. The number of rotatable bonds is 0. The molecular weight excluding hydrogens is 244 g/mol. The Morgan fingerprint density at radius 1 is 0.900 bits per heavy atom. The lowest BCUT2D eigenvalue weighted by atomic mass is 9.98. The number of hydrogen-bond acceptors (Lipinski definition) is 1. The van der Waals surface area contributed by atoms with Gasteiger partial charge in [-0.3, -0.25) is 0 Å². The minimum atomic E-state index is 1.07. The molecule has 4 rings (SSSR count). The van der Waals surface area contributed by atoms with Gasteiger partial charge in [0, 0.05) is 23.4 Å². The molecule has 2 aliphatic rings. The van der Waals surface area contributed by atoms with Crippen LogP contribution >= 0.6 is 0 Å². The Kier molecular flexibility index (Phi) is 2.19. The van der Waals surface area contributed by atoms with E-state index in [0.29, 0.717) is 0 Å². The normalized spacial score (nSPS) is 11.8. The molecule has 2 aliphatic heterocycles. The molecule has 0 fully saturated rings. The summed E-state index contributed by atoms with van der Waals surface area (Å²) in [6, 6.07) is 14.9. The fourth-order valence-electron chi connectivity index (χ4n) is 3.33. The Hall–Kier alpha value is -2.35. The molecule has 2 aromatic carbocycles. The first-order chi connectivity index (χ1) is 9.68.